The molecule has 2 atom stereocenters. The molecule has 19 heavy (non-hydrogen) atoms. The van der Waals surface area contributed by atoms with Crippen LogP contribution in [-0.4, -0.2) is 34.8 Å². The molecule has 0 radical (unpaired) electrons. The molecule has 2 rings (SSSR count). The number of hydrogen-bond acceptors (Lipinski definition) is 4. The standard InChI is InChI=1S/C14H26N4O/c1-4-19-13-7-12(14(13,2)3)16-8-11-9-18(6-5-15)10-17-11/h9-10,12-13,16H,4-8,15H2,1-3H3. The highest BCUT2D eigenvalue weighted by Crippen LogP contribution is 2.42. The van der Waals surface area contributed by atoms with Crippen LogP contribution >= 0.6 is 0 Å². The average Bonchev–Trinajstić information content (AvgIpc) is 2.81. The largest absolute Gasteiger partial charge is 0.378 e. The van der Waals surface area contributed by atoms with Gasteiger partial charge in [0.05, 0.1) is 18.1 Å². The monoisotopic (exact) mass is 266 g/mol. The number of nitrogens with two attached hydrogens (primary N) is 1. The van der Waals surface area contributed by atoms with Crippen LogP contribution < -0.4 is 11.1 Å². The van der Waals surface area contributed by atoms with Crippen molar-refractivity contribution < 1.29 is 4.74 Å². The smallest absolute Gasteiger partial charge is 0.0950 e. The third-order valence-electron chi connectivity index (χ3n) is 4.15. The fraction of sp³-hybridized carbons (Fsp3) is 0.786. The van der Waals surface area contributed by atoms with Crippen LogP contribution in [0.4, 0.5) is 0 Å². The number of hydrogen-bond donors (Lipinski definition) is 2. The summed E-state index contributed by atoms with van der Waals surface area (Å²) in [5.74, 6) is 0. The van der Waals surface area contributed by atoms with Gasteiger partial charge >= 0.3 is 0 Å². The first-order valence-corrected chi connectivity index (χ1v) is 7.13. The van der Waals surface area contributed by atoms with Crippen molar-refractivity contribution in [3.8, 4) is 0 Å². The maximum Gasteiger partial charge on any atom is 0.0950 e. The molecule has 5 nitrogen and oxygen atoms in total. The summed E-state index contributed by atoms with van der Waals surface area (Å²) in [7, 11) is 0. The van der Waals surface area contributed by atoms with Crippen LogP contribution in [0, 0.1) is 5.41 Å². The summed E-state index contributed by atoms with van der Waals surface area (Å²) in [5, 5.41) is 3.58. The summed E-state index contributed by atoms with van der Waals surface area (Å²) in [4.78, 5) is 4.38. The summed E-state index contributed by atoms with van der Waals surface area (Å²) in [5.41, 5.74) is 6.80. The Bertz CT molecular complexity index is 402. The number of rotatable bonds is 7. The zero-order valence-electron chi connectivity index (χ0n) is 12.2. The first-order chi connectivity index (χ1) is 9.07. The fourth-order valence-corrected chi connectivity index (χ4v) is 2.71. The van der Waals surface area contributed by atoms with Crippen molar-refractivity contribution in [1.29, 1.82) is 0 Å². The van der Waals surface area contributed by atoms with E-state index in [4.69, 9.17) is 10.5 Å². The Morgan fingerprint density at radius 3 is 3.00 bits per heavy atom. The van der Waals surface area contributed by atoms with Gasteiger partial charge in [0.25, 0.3) is 0 Å². The molecule has 1 aliphatic carbocycles. The fourth-order valence-electron chi connectivity index (χ4n) is 2.71. The van der Waals surface area contributed by atoms with Crippen molar-refractivity contribution in [2.75, 3.05) is 13.2 Å². The number of nitrogens with one attached hydrogen (secondary N) is 1. The van der Waals surface area contributed by atoms with E-state index in [1.807, 2.05) is 10.9 Å². The van der Waals surface area contributed by atoms with Crippen molar-refractivity contribution in [2.24, 2.45) is 11.1 Å². The average molecular weight is 266 g/mol. The second kappa shape index (κ2) is 6.03. The van der Waals surface area contributed by atoms with Gasteiger partial charge in [-0.1, -0.05) is 13.8 Å². The van der Waals surface area contributed by atoms with E-state index in [2.05, 4.69) is 37.3 Å². The van der Waals surface area contributed by atoms with Crippen molar-refractivity contribution in [2.45, 2.75) is 52.4 Å². The van der Waals surface area contributed by atoms with E-state index in [1.54, 1.807) is 0 Å². The normalized spacial score (nSPS) is 25.3. The first kappa shape index (κ1) is 14.5. The molecule has 1 heterocycles. The Labute approximate surface area is 115 Å². The minimum Gasteiger partial charge on any atom is -0.378 e. The Morgan fingerprint density at radius 2 is 2.37 bits per heavy atom. The van der Waals surface area contributed by atoms with Crippen molar-refractivity contribution >= 4 is 0 Å². The molecule has 0 spiro atoms. The van der Waals surface area contributed by atoms with Gasteiger partial charge in [0.2, 0.25) is 0 Å². The summed E-state index contributed by atoms with van der Waals surface area (Å²) in [6.07, 6.45) is 5.37. The third kappa shape index (κ3) is 3.16. The van der Waals surface area contributed by atoms with E-state index in [-0.39, 0.29) is 5.41 Å². The van der Waals surface area contributed by atoms with E-state index in [0.29, 0.717) is 18.7 Å². The molecule has 0 saturated heterocycles. The van der Waals surface area contributed by atoms with Gasteiger partial charge in [0.1, 0.15) is 0 Å². The quantitative estimate of drug-likeness (QED) is 0.776. The SMILES string of the molecule is CCOC1CC(NCc2cn(CCN)cn2)C1(C)C. The number of ether oxygens (including phenoxy) is 1. The van der Waals surface area contributed by atoms with Crippen LogP contribution in [0.2, 0.25) is 0 Å². The highest BCUT2D eigenvalue weighted by atomic mass is 16.5. The predicted octanol–water partition coefficient (Wildman–Crippen LogP) is 1.14. The van der Waals surface area contributed by atoms with Gasteiger partial charge in [-0.05, 0) is 13.3 Å². The molecule has 0 aliphatic heterocycles. The molecule has 108 valence electrons. The first-order valence-electron chi connectivity index (χ1n) is 7.13. The minimum atomic E-state index is 0.204. The summed E-state index contributed by atoms with van der Waals surface area (Å²) in [6, 6.07) is 0.503. The van der Waals surface area contributed by atoms with Gasteiger partial charge in [-0.2, -0.15) is 0 Å². The lowest BCUT2D eigenvalue weighted by molar-refractivity contribution is -0.114. The van der Waals surface area contributed by atoms with Crippen LogP contribution in [0.3, 0.4) is 0 Å². The topological polar surface area (TPSA) is 65.1 Å². The minimum absolute atomic E-state index is 0.204. The molecule has 1 aromatic heterocycles. The highest BCUT2D eigenvalue weighted by molar-refractivity contribution is 5.05. The molecule has 1 aromatic rings. The molecule has 1 fully saturated rings. The van der Waals surface area contributed by atoms with Crippen LogP contribution in [0.1, 0.15) is 32.9 Å². The highest BCUT2D eigenvalue weighted by Gasteiger charge is 2.48. The van der Waals surface area contributed by atoms with E-state index in [1.165, 1.54) is 0 Å². The molecule has 1 saturated carbocycles. The summed E-state index contributed by atoms with van der Waals surface area (Å²) >= 11 is 0. The molecule has 3 N–H and O–H groups in total. The van der Waals surface area contributed by atoms with Gasteiger partial charge in [0, 0.05) is 43.9 Å². The van der Waals surface area contributed by atoms with E-state index < -0.39 is 0 Å². The second-order valence-corrected chi connectivity index (χ2v) is 5.83. The lowest BCUT2D eigenvalue weighted by Gasteiger charge is -2.51. The second-order valence-electron chi connectivity index (χ2n) is 5.83. The van der Waals surface area contributed by atoms with Crippen molar-refractivity contribution in [1.82, 2.24) is 14.9 Å². The molecule has 5 heteroatoms. The van der Waals surface area contributed by atoms with Crippen LogP contribution in [-0.2, 0) is 17.8 Å². The molecule has 0 amide bonds. The van der Waals surface area contributed by atoms with Gasteiger partial charge < -0.3 is 20.4 Å². The number of imidazole rings is 1. The van der Waals surface area contributed by atoms with Crippen LogP contribution in [0.5, 0.6) is 0 Å². The van der Waals surface area contributed by atoms with Crippen molar-refractivity contribution in [3.63, 3.8) is 0 Å². The Balaban J connectivity index is 1.80. The van der Waals surface area contributed by atoms with E-state index in [9.17, 15) is 0 Å². The van der Waals surface area contributed by atoms with Crippen LogP contribution in [0.15, 0.2) is 12.5 Å². The predicted molar refractivity (Wildman–Crippen MR) is 75.7 cm³/mol. The van der Waals surface area contributed by atoms with Gasteiger partial charge in [-0.3, -0.25) is 0 Å². The number of nitrogens with zero attached hydrogens (tertiary/aromatic N) is 2. The number of aromatic nitrogens is 2. The molecule has 0 bridgehead atoms. The zero-order valence-corrected chi connectivity index (χ0v) is 12.2. The molecule has 1 aliphatic rings. The maximum absolute atomic E-state index is 5.74. The van der Waals surface area contributed by atoms with E-state index >= 15 is 0 Å². The third-order valence-corrected chi connectivity index (χ3v) is 4.15. The lowest BCUT2D eigenvalue weighted by Crippen LogP contribution is -2.60. The van der Waals surface area contributed by atoms with Crippen molar-refractivity contribution in [3.05, 3.63) is 18.2 Å². The Hall–Kier alpha value is -0.910. The summed E-state index contributed by atoms with van der Waals surface area (Å²) in [6.45, 7) is 9.67. The molecular formula is C14H26N4O. The molecular weight excluding hydrogens is 240 g/mol. The van der Waals surface area contributed by atoms with E-state index in [0.717, 1.165) is 31.8 Å². The van der Waals surface area contributed by atoms with Gasteiger partial charge in [0.15, 0.2) is 0 Å². The van der Waals surface area contributed by atoms with Gasteiger partial charge in [-0.15, -0.1) is 0 Å². The molecule has 2 unspecified atom stereocenters. The zero-order chi connectivity index (χ0) is 13.9. The maximum atomic E-state index is 5.74. The van der Waals surface area contributed by atoms with Crippen LogP contribution in [0.25, 0.3) is 0 Å². The Morgan fingerprint density at radius 1 is 1.58 bits per heavy atom. The Kier molecular flexibility index (Phi) is 4.60. The van der Waals surface area contributed by atoms with Gasteiger partial charge in [-0.25, -0.2) is 4.98 Å². The molecule has 0 aromatic carbocycles. The summed E-state index contributed by atoms with van der Waals surface area (Å²) < 4.78 is 7.77. The lowest BCUT2D eigenvalue weighted by atomic mass is 9.64.